The van der Waals surface area contributed by atoms with Crippen LogP contribution in [0.1, 0.15) is 30.5 Å². The van der Waals surface area contributed by atoms with Gasteiger partial charge in [-0.25, -0.2) is 0 Å². The Bertz CT molecular complexity index is 333. The van der Waals surface area contributed by atoms with E-state index in [0.717, 1.165) is 32.7 Å². The third-order valence-electron chi connectivity index (χ3n) is 3.08. The Morgan fingerprint density at radius 2 is 2.00 bits per heavy atom. The van der Waals surface area contributed by atoms with Crippen LogP contribution in [0.4, 0.5) is 0 Å². The smallest absolute Gasteiger partial charge is 0.0240 e. The summed E-state index contributed by atoms with van der Waals surface area (Å²) in [6.07, 6.45) is 0. The van der Waals surface area contributed by atoms with Gasteiger partial charge in [0.1, 0.15) is 0 Å². The molecule has 1 aliphatic heterocycles. The molecule has 1 heterocycles. The molecule has 0 radical (unpaired) electrons. The Kier molecular flexibility index (Phi) is 3.39. The van der Waals surface area contributed by atoms with Gasteiger partial charge in [0.2, 0.25) is 0 Å². The molecular weight excluding hydrogens is 184 g/mol. The lowest BCUT2D eigenvalue weighted by Gasteiger charge is -2.09. The number of hydrogen-bond acceptors (Lipinski definition) is 2. The number of benzene rings is 1. The monoisotopic (exact) mass is 204 g/mol. The minimum Gasteiger partial charge on any atom is -0.313 e. The van der Waals surface area contributed by atoms with E-state index >= 15 is 0 Å². The lowest BCUT2D eigenvalue weighted by molar-refractivity contribution is 0.301. The van der Waals surface area contributed by atoms with Crippen molar-refractivity contribution >= 4 is 0 Å². The fraction of sp³-hybridized carbons (Fsp3) is 0.538. The van der Waals surface area contributed by atoms with Gasteiger partial charge in [-0.05, 0) is 29.8 Å². The van der Waals surface area contributed by atoms with Gasteiger partial charge in [-0.1, -0.05) is 32.0 Å². The van der Waals surface area contributed by atoms with Crippen molar-refractivity contribution in [1.82, 2.24) is 10.2 Å². The van der Waals surface area contributed by atoms with Gasteiger partial charge in [0.25, 0.3) is 0 Å². The molecule has 82 valence electrons. The topological polar surface area (TPSA) is 15.3 Å². The maximum atomic E-state index is 3.37. The first kappa shape index (κ1) is 10.7. The second-order valence-corrected chi connectivity index (χ2v) is 4.19. The molecule has 0 atom stereocenters. The zero-order valence-electron chi connectivity index (χ0n) is 9.71. The Labute approximate surface area is 92.3 Å². The Morgan fingerprint density at radius 1 is 1.20 bits per heavy atom. The molecule has 1 N–H and O–H groups in total. The minimum absolute atomic E-state index is 0.996. The van der Waals surface area contributed by atoms with E-state index in [4.69, 9.17) is 0 Å². The van der Waals surface area contributed by atoms with Gasteiger partial charge < -0.3 is 5.32 Å². The van der Waals surface area contributed by atoms with Gasteiger partial charge in [-0.3, -0.25) is 4.90 Å². The van der Waals surface area contributed by atoms with Gasteiger partial charge in [-0.15, -0.1) is 0 Å². The van der Waals surface area contributed by atoms with Crippen LogP contribution in [-0.4, -0.2) is 18.0 Å². The van der Waals surface area contributed by atoms with Crippen molar-refractivity contribution in [3.8, 4) is 0 Å². The fourth-order valence-corrected chi connectivity index (χ4v) is 2.12. The van der Waals surface area contributed by atoms with Crippen molar-refractivity contribution < 1.29 is 0 Å². The highest BCUT2D eigenvalue weighted by molar-refractivity contribution is 5.34. The third kappa shape index (κ3) is 2.39. The molecule has 0 spiro atoms. The third-order valence-corrected chi connectivity index (χ3v) is 3.08. The predicted octanol–water partition coefficient (Wildman–Crippen LogP) is 2.13. The van der Waals surface area contributed by atoms with E-state index in [1.54, 1.807) is 0 Å². The van der Waals surface area contributed by atoms with E-state index in [9.17, 15) is 0 Å². The molecule has 0 amide bonds. The van der Waals surface area contributed by atoms with E-state index < -0.39 is 0 Å². The molecule has 15 heavy (non-hydrogen) atoms. The summed E-state index contributed by atoms with van der Waals surface area (Å²) in [4.78, 5) is 2.47. The average Bonchev–Trinajstić information content (AvgIpc) is 2.68. The molecule has 0 aliphatic carbocycles. The molecule has 0 saturated heterocycles. The number of nitrogens with one attached hydrogen (secondary N) is 1. The van der Waals surface area contributed by atoms with Crippen molar-refractivity contribution in [2.24, 2.45) is 0 Å². The van der Waals surface area contributed by atoms with Gasteiger partial charge in [0, 0.05) is 19.6 Å². The lowest BCUT2D eigenvalue weighted by atomic mass is 10.1. The first-order chi connectivity index (χ1) is 7.33. The highest BCUT2D eigenvalue weighted by atomic mass is 15.1. The van der Waals surface area contributed by atoms with Crippen LogP contribution in [0.15, 0.2) is 18.2 Å². The molecule has 1 aliphatic rings. The molecular formula is C13H20N2. The van der Waals surface area contributed by atoms with Crippen molar-refractivity contribution in [3.63, 3.8) is 0 Å². The number of hydrogen-bond donors (Lipinski definition) is 1. The van der Waals surface area contributed by atoms with Gasteiger partial charge >= 0.3 is 0 Å². The standard InChI is InChI=1S/C13H20N2/c1-3-14-8-11-5-6-12-9-15(4-2)10-13(12)7-11/h5-7,14H,3-4,8-10H2,1-2H3. The molecule has 1 aromatic rings. The lowest BCUT2D eigenvalue weighted by Crippen LogP contribution is -2.14. The second kappa shape index (κ2) is 4.77. The highest BCUT2D eigenvalue weighted by Gasteiger charge is 2.16. The van der Waals surface area contributed by atoms with Crippen LogP contribution >= 0.6 is 0 Å². The van der Waals surface area contributed by atoms with Crippen LogP contribution in [0, 0.1) is 0 Å². The quantitative estimate of drug-likeness (QED) is 0.808. The molecule has 2 heteroatoms. The number of fused-ring (bicyclic) bond motifs is 1. The Balaban J connectivity index is 2.08. The molecule has 0 saturated carbocycles. The summed E-state index contributed by atoms with van der Waals surface area (Å²) < 4.78 is 0. The first-order valence-corrected chi connectivity index (χ1v) is 5.87. The molecule has 2 rings (SSSR count). The number of rotatable bonds is 4. The fourth-order valence-electron chi connectivity index (χ4n) is 2.12. The zero-order valence-corrected chi connectivity index (χ0v) is 9.71. The van der Waals surface area contributed by atoms with Gasteiger partial charge in [0.05, 0.1) is 0 Å². The largest absolute Gasteiger partial charge is 0.313 e. The van der Waals surface area contributed by atoms with Gasteiger partial charge in [0.15, 0.2) is 0 Å². The molecule has 0 fully saturated rings. The molecule has 0 aromatic heterocycles. The van der Waals surface area contributed by atoms with Crippen molar-refractivity contribution in [3.05, 3.63) is 34.9 Å². The van der Waals surface area contributed by atoms with Crippen LogP contribution in [-0.2, 0) is 19.6 Å². The normalized spacial score (nSPS) is 15.6. The van der Waals surface area contributed by atoms with E-state index in [-0.39, 0.29) is 0 Å². The Hall–Kier alpha value is -0.860. The summed E-state index contributed by atoms with van der Waals surface area (Å²) >= 11 is 0. The summed E-state index contributed by atoms with van der Waals surface area (Å²) in [5.74, 6) is 0. The van der Waals surface area contributed by atoms with E-state index in [1.807, 2.05) is 0 Å². The Morgan fingerprint density at radius 3 is 2.73 bits per heavy atom. The maximum Gasteiger partial charge on any atom is 0.0240 e. The minimum atomic E-state index is 0.996. The van der Waals surface area contributed by atoms with Crippen LogP contribution in [0.25, 0.3) is 0 Å². The van der Waals surface area contributed by atoms with E-state index in [0.29, 0.717) is 0 Å². The predicted molar refractivity (Wildman–Crippen MR) is 63.6 cm³/mol. The van der Waals surface area contributed by atoms with E-state index in [2.05, 4.69) is 42.3 Å². The van der Waals surface area contributed by atoms with Gasteiger partial charge in [-0.2, -0.15) is 0 Å². The summed E-state index contributed by atoms with van der Waals surface area (Å²) in [7, 11) is 0. The molecule has 2 nitrogen and oxygen atoms in total. The molecule has 0 unspecified atom stereocenters. The second-order valence-electron chi connectivity index (χ2n) is 4.19. The number of nitrogens with zero attached hydrogens (tertiary/aromatic N) is 1. The van der Waals surface area contributed by atoms with Crippen molar-refractivity contribution in [2.45, 2.75) is 33.5 Å². The van der Waals surface area contributed by atoms with Crippen LogP contribution in [0.5, 0.6) is 0 Å². The molecule has 0 bridgehead atoms. The summed E-state index contributed by atoms with van der Waals surface area (Å²) in [6, 6.07) is 6.89. The summed E-state index contributed by atoms with van der Waals surface area (Å²) in [5.41, 5.74) is 4.44. The van der Waals surface area contributed by atoms with Crippen molar-refractivity contribution in [2.75, 3.05) is 13.1 Å². The summed E-state index contributed by atoms with van der Waals surface area (Å²) in [5, 5.41) is 3.37. The SMILES string of the molecule is CCNCc1ccc2c(c1)CN(CC)C2. The van der Waals surface area contributed by atoms with Crippen LogP contribution in [0.3, 0.4) is 0 Å². The zero-order chi connectivity index (χ0) is 10.7. The first-order valence-electron chi connectivity index (χ1n) is 5.87. The average molecular weight is 204 g/mol. The van der Waals surface area contributed by atoms with Crippen LogP contribution in [0.2, 0.25) is 0 Å². The van der Waals surface area contributed by atoms with Crippen molar-refractivity contribution in [1.29, 1.82) is 0 Å². The van der Waals surface area contributed by atoms with Crippen LogP contribution < -0.4 is 5.32 Å². The van der Waals surface area contributed by atoms with E-state index in [1.165, 1.54) is 16.7 Å². The maximum absolute atomic E-state index is 3.37. The highest BCUT2D eigenvalue weighted by Crippen LogP contribution is 2.23. The summed E-state index contributed by atoms with van der Waals surface area (Å²) in [6.45, 7) is 9.82. The molecule has 1 aromatic carbocycles.